The zero-order valence-electron chi connectivity index (χ0n) is 10.2. The molecule has 0 aliphatic heterocycles. The first-order valence-electron chi connectivity index (χ1n) is 5.08. The van der Waals surface area contributed by atoms with Crippen LogP contribution in [0, 0.1) is 12.3 Å². The van der Waals surface area contributed by atoms with Gasteiger partial charge in [0.15, 0.2) is 8.32 Å². The normalized spacial score (nSPS) is 16.9. The molecule has 0 aromatic heterocycles. The third-order valence-corrected chi connectivity index (χ3v) is 7.38. The van der Waals surface area contributed by atoms with Gasteiger partial charge < -0.3 is 14.6 Å². The Kier molecular flexibility index (Phi) is 5.01. The number of rotatable bonds is 4. The van der Waals surface area contributed by atoms with Gasteiger partial charge in [0.25, 0.3) is 0 Å². The minimum atomic E-state index is -1.98. The van der Waals surface area contributed by atoms with E-state index in [4.69, 9.17) is 16.0 Å². The molecule has 2 atom stereocenters. The molecule has 0 aromatic rings. The summed E-state index contributed by atoms with van der Waals surface area (Å²) < 4.78 is 5.80. The van der Waals surface area contributed by atoms with Gasteiger partial charge in [-0.3, -0.25) is 0 Å². The first-order chi connectivity index (χ1) is 6.65. The van der Waals surface area contributed by atoms with Gasteiger partial charge in [-0.15, -0.1) is 6.42 Å². The molecule has 0 rings (SSSR count). The lowest BCUT2D eigenvalue weighted by Gasteiger charge is -2.38. The fourth-order valence-corrected chi connectivity index (χ4v) is 2.03. The quantitative estimate of drug-likeness (QED) is 0.566. The zero-order chi connectivity index (χ0) is 12.3. The first-order valence-corrected chi connectivity index (χ1v) is 7.99. The van der Waals surface area contributed by atoms with Crippen LogP contribution in [0.25, 0.3) is 0 Å². The van der Waals surface area contributed by atoms with Gasteiger partial charge in [0.05, 0.1) is 6.61 Å². The molecule has 0 fully saturated rings. The molecule has 88 valence electrons. The number of hydrogen-bond acceptors (Lipinski definition) is 3. The van der Waals surface area contributed by atoms with E-state index in [-0.39, 0.29) is 11.6 Å². The van der Waals surface area contributed by atoms with Crippen molar-refractivity contribution in [1.82, 2.24) is 0 Å². The van der Waals surface area contributed by atoms with E-state index in [9.17, 15) is 5.11 Å². The van der Waals surface area contributed by atoms with Crippen molar-refractivity contribution < 1.29 is 14.6 Å². The molecule has 0 radical (unpaired) electrons. The lowest BCUT2D eigenvalue weighted by atomic mass is 10.2. The Hall–Kier alpha value is -0.343. The molecule has 15 heavy (non-hydrogen) atoms. The van der Waals surface area contributed by atoms with Crippen molar-refractivity contribution >= 4 is 8.32 Å². The van der Waals surface area contributed by atoms with Crippen LogP contribution < -0.4 is 0 Å². The molecule has 4 heteroatoms. The second kappa shape index (κ2) is 5.13. The van der Waals surface area contributed by atoms with Crippen LogP contribution in [-0.4, -0.2) is 37.3 Å². The standard InChI is InChI=1S/C11H22O3Si/c1-7-10(9(13)8-12)14-15(5,6)11(2,3)4/h1,9-10,12-13H,8H2,2-6H3/t9-,10+/m1/s1. The minimum Gasteiger partial charge on any atom is -0.401 e. The number of hydrogen-bond donors (Lipinski definition) is 2. The molecular formula is C11H22O3Si. The Morgan fingerprint density at radius 1 is 1.40 bits per heavy atom. The summed E-state index contributed by atoms with van der Waals surface area (Å²) >= 11 is 0. The maximum Gasteiger partial charge on any atom is 0.193 e. The van der Waals surface area contributed by atoms with E-state index in [0.29, 0.717) is 0 Å². The van der Waals surface area contributed by atoms with Crippen molar-refractivity contribution in [3.8, 4) is 12.3 Å². The molecule has 0 aromatic carbocycles. The molecule has 0 unspecified atom stereocenters. The number of terminal acetylenes is 1. The van der Waals surface area contributed by atoms with Gasteiger partial charge in [0.1, 0.15) is 12.2 Å². The van der Waals surface area contributed by atoms with Crippen molar-refractivity contribution in [3.63, 3.8) is 0 Å². The minimum absolute atomic E-state index is 0.0390. The summed E-state index contributed by atoms with van der Waals surface area (Å²) in [5.74, 6) is 2.38. The Balaban J connectivity index is 4.64. The molecule has 0 aliphatic rings. The van der Waals surface area contributed by atoms with Gasteiger partial charge in [0, 0.05) is 0 Å². The van der Waals surface area contributed by atoms with E-state index in [0.717, 1.165) is 0 Å². The van der Waals surface area contributed by atoms with Crippen molar-refractivity contribution in [2.45, 2.75) is 51.1 Å². The van der Waals surface area contributed by atoms with Crippen LogP contribution in [-0.2, 0) is 4.43 Å². The van der Waals surface area contributed by atoms with Gasteiger partial charge >= 0.3 is 0 Å². The highest BCUT2D eigenvalue weighted by Gasteiger charge is 2.40. The number of aliphatic hydroxyl groups is 2. The highest BCUT2D eigenvalue weighted by molar-refractivity contribution is 6.74. The van der Waals surface area contributed by atoms with Gasteiger partial charge in [0.2, 0.25) is 0 Å². The molecule has 3 nitrogen and oxygen atoms in total. The topological polar surface area (TPSA) is 49.7 Å². The van der Waals surface area contributed by atoms with E-state index in [1.807, 2.05) is 0 Å². The lowest BCUT2D eigenvalue weighted by Crippen LogP contribution is -2.47. The van der Waals surface area contributed by atoms with Crippen LogP contribution in [0.5, 0.6) is 0 Å². The van der Waals surface area contributed by atoms with Crippen molar-refractivity contribution in [1.29, 1.82) is 0 Å². The van der Waals surface area contributed by atoms with Crippen LogP contribution in [0.2, 0.25) is 18.1 Å². The second-order valence-corrected chi connectivity index (χ2v) is 9.97. The molecule has 2 N–H and O–H groups in total. The Labute approximate surface area is 93.6 Å². The van der Waals surface area contributed by atoms with Crippen LogP contribution in [0.1, 0.15) is 20.8 Å². The Bertz CT molecular complexity index is 237. The largest absolute Gasteiger partial charge is 0.401 e. The van der Waals surface area contributed by atoms with Gasteiger partial charge in [-0.25, -0.2) is 0 Å². The highest BCUT2D eigenvalue weighted by atomic mass is 28.4. The maximum atomic E-state index is 9.45. The predicted molar refractivity (Wildman–Crippen MR) is 64.0 cm³/mol. The van der Waals surface area contributed by atoms with Crippen LogP contribution in [0.3, 0.4) is 0 Å². The van der Waals surface area contributed by atoms with Crippen molar-refractivity contribution in [2.75, 3.05) is 6.61 Å². The summed E-state index contributed by atoms with van der Waals surface area (Å²) in [6, 6.07) is 0. The fourth-order valence-electron chi connectivity index (χ4n) is 0.814. The van der Waals surface area contributed by atoms with Gasteiger partial charge in [-0.05, 0) is 18.1 Å². The van der Waals surface area contributed by atoms with Gasteiger partial charge in [-0.1, -0.05) is 26.7 Å². The second-order valence-electron chi connectivity index (χ2n) is 5.22. The average Bonchev–Trinajstić information content (AvgIpc) is 2.11. The number of aliphatic hydroxyl groups excluding tert-OH is 2. The SMILES string of the molecule is C#C[C@H](O[Si](C)(C)C(C)(C)C)[C@H](O)CO. The molecule has 0 amide bonds. The molecule has 0 heterocycles. The van der Waals surface area contributed by atoms with Crippen LogP contribution >= 0.6 is 0 Å². The average molecular weight is 230 g/mol. The van der Waals surface area contributed by atoms with Crippen molar-refractivity contribution in [2.24, 2.45) is 0 Å². The molecule has 0 spiro atoms. The molecular weight excluding hydrogens is 208 g/mol. The summed E-state index contributed by atoms with van der Waals surface area (Å²) in [7, 11) is -1.98. The third kappa shape index (κ3) is 3.96. The monoisotopic (exact) mass is 230 g/mol. The van der Waals surface area contributed by atoms with E-state index >= 15 is 0 Å². The van der Waals surface area contributed by atoms with E-state index < -0.39 is 20.5 Å². The lowest BCUT2D eigenvalue weighted by molar-refractivity contribution is 0.0193. The molecule has 0 aliphatic carbocycles. The van der Waals surface area contributed by atoms with Crippen LogP contribution in [0.4, 0.5) is 0 Å². The molecule has 0 bridgehead atoms. The molecule has 0 saturated carbocycles. The van der Waals surface area contributed by atoms with Crippen LogP contribution in [0.15, 0.2) is 0 Å². The summed E-state index contributed by atoms with van der Waals surface area (Å²) in [4.78, 5) is 0. The summed E-state index contributed by atoms with van der Waals surface area (Å²) in [6.45, 7) is 10.0. The van der Waals surface area contributed by atoms with Crippen molar-refractivity contribution in [3.05, 3.63) is 0 Å². The highest BCUT2D eigenvalue weighted by Crippen LogP contribution is 2.37. The predicted octanol–water partition coefficient (Wildman–Crippen LogP) is 1.36. The first kappa shape index (κ1) is 14.7. The van der Waals surface area contributed by atoms with Gasteiger partial charge in [-0.2, -0.15) is 0 Å². The summed E-state index contributed by atoms with van der Waals surface area (Å²) in [5, 5.41) is 18.3. The fraction of sp³-hybridized carbons (Fsp3) is 0.818. The van der Waals surface area contributed by atoms with E-state index in [2.05, 4.69) is 39.8 Å². The molecule has 0 saturated heterocycles. The van der Waals surface area contributed by atoms with E-state index in [1.54, 1.807) is 0 Å². The summed E-state index contributed by atoms with van der Waals surface area (Å²) in [6.07, 6.45) is 3.57. The zero-order valence-corrected chi connectivity index (χ0v) is 11.2. The third-order valence-electron chi connectivity index (χ3n) is 2.93. The Morgan fingerprint density at radius 3 is 2.13 bits per heavy atom. The van der Waals surface area contributed by atoms with E-state index in [1.165, 1.54) is 0 Å². The smallest absolute Gasteiger partial charge is 0.193 e. The summed E-state index contributed by atoms with van der Waals surface area (Å²) in [5.41, 5.74) is 0. The Morgan fingerprint density at radius 2 is 1.87 bits per heavy atom. The maximum absolute atomic E-state index is 9.45.